The van der Waals surface area contributed by atoms with Gasteiger partial charge in [-0.1, -0.05) is 6.07 Å². The van der Waals surface area contributed by atoms with Crippen LogP contribution in [0.15, 0.2) is 52.1 Å². The number of ether oxygens (including phenoxy) is 4. The van der Waals surface area contributed by atoms with Crippen molar-refractivity contribution < 1.29 is 37.7 Å². The maximum Gasteiger partial charge on any atom is 0.338 e. The van der Waals surface area contributed by atoms with Crippen molar-refractivity contribution in [1.29, 1.82) is 0 Å². The van der Waals surface area contributed by atoms with Gasteiger partial charge in [0.1, 0.15) is 24.2 Å². The second-order valence-electron chi connectivity index (χ2n) is 7.38. The van der Waals surface area contributed by atoms with Crippen molar-refractivity contribution in [3.63, 3.8) is 0 Å². The zero-order valence-corrected chi connectivity index (χ0v) is 20.0. The van der Waals surface area contributed by atoms with Crippen LogP contribution in [-0.2, 0) is 19.1 Å². The van der Waals surface area contributed by atoms with Gasteiger partial charge in [-0.05, 0) is 56.7 Å². The largest absolute Gasteiger partial charge is 0.493 e. The van der Waals surface area contributed by atoms with Crippen molar-refractivity contribution in [2.45, 2.75) is 26.8 Å². The normalized spacial score (nSPS) is 15.4. The van der Waals surface area contributed by atoms with Crippen LogP contribution in [0.2, 0.25) is 0 Å². The molecule has 0 bridgehead atoms. The van der Waals surface area contributed by atoms with Gasteiger partial charge in [0, 0.05) is 6.08 Å². The van der Waals surface area contributed by atoms with Crippen LogP contribution in [0.5, 0.6) is 11.5 Å². The lowest BCUT2D eigenvalue weighted by molar-refractivity contribution is -0.140. The Kier molecular flexibility index (Phi) is 8.55. The van der Waals surface area contributed by atoms with E-state index in [-0.39, 0.29) is 24.5 Å². The number of benzene rings is 1. The molecule has 3 rings (SSSR count). The van der Waals surface area contributed by atoms with Gasteiger partial charge in [-0.25, -0.2) is 14.4 Å². The van der Waals surface area contributed by atoms with Gasteiger partial charge in [0.15, 0.2) is 11.5 Å². The Bertz CT molecular complexity index is 1150. The van der Waals surface area contributed by atoms with E-state index in [1.165, 1.54) is 13.2 Å². The Hall–Kier alpha value is -4.21. The average Bonchev–Trinajstić information content (AvgIpc) is 3.28. The first-order valence-electron chi connectivity index (χ1n) is 11.1. The fourth-order valence-electron chi connectivity index (χ4n) is 3.42. The molecule has 2 heterocycles. The summed E-state index contributed by atoms with van der Waals surface area (Å²) in [6.45, 7) is 5.55. The van der Waals surface area contributed by atoms with Crippen LogP contribution in [0.1, 0.15) is 37.0 Å². The summed E-state index contributed by atoms with van der Waals surface area (Å²) in [5.74, 6) is 0.752. The van der Waals surface area contributed by atoms with Crippen molar-refractivity contribution in [1.82, 2.24) is 10.6 Å². The Morgan fingerprint density at radius 1 is 1.09 bits per heavy atom. The van der Waals surface area contributed by atoms with Gasteiger partial charge >= 0.3 is 18.0 Å². The fourth-order valence-corrected chi connectivity index (χ4v) is 3.42. The van der Waals surface area contributed by atoms with Gasteiger partial charge in [-0.3, -0.25) is 0 Å². The van der Waals surface area contributed by atoms with Crippen LogP contribution >= 0.6 is 0 Å². The quantitative estimate of drug-likeness (QED) is 0.388. The smallest absolute Gasteiger partial charge is 0.338 e. The molecule has 0 radical (unpaired) electrons. The Morgan fingerprint density at radius 2 is 1.89 bits per heavy atom. The number of urea groups is 1. The number of amides is 2. The monoisotopic (exact) mass is 484 g/mol. The predicted octanol–water partition coefficient (Wildman–Crippen LogP) is 3.42. The molecule has 35 heavy (non-hydrogen) atoms. The Morgan fingerprint density at radius 3 is 2.54 bits per heavy atom. The highest BCUT2D eigenvalue weighted by atomic mass is 16.5. The maximum absolute atomic E-state index is 12.7. The molecule has 10 nitrogen and oxygen atoms in total. The Labute approximate surface area is 202 Å². The highest BCUT2D eigenvalue weighted by molar-refractivity contribution is 5.95. The molecule has 0 fully saturated rings. The molecule has 1 aliphatic heterocycles. The molecule has 0 saturated carbocycles. The first-order chi connectivity index (χ1) is 16.9. The van der Waals surface area contributed by atoms with E-state index in [1.54, 1.807) is 50.3 Å². The minimum absolute atomic E-state index is 0.0915. The second kappa shape index (κ2) is 11.8. The molecule has 2 N–H and O–H groups in total. The minimum Gasteiger partial charge on any atom is -0.493 e. The minimum atomic E-state index is -0.892. The van der Waals surface area contributed by atoms with E-state index in [1.807, 2.05) is 6.92 Å². The van der Waals surface area contributed by atoms with Crippen molar-refractivity contribution in [3.05, 3.63) is 64.8 Å². The van der Waals surface area contributed by atoms with Crippen molar-refractivity contribution in [2.75, 3.05) is 26.9 Å². The number of esters is 2. The van der Waals surface area contributed by atoms with E-state index in [0.29, 0.717) is 35.2 Å². The molecule has 0 aliphatic carbocycles. The maximum atomic E-state index is 12.7. The van der Waals surface area contributed by atoms with Crippen LogP contribution in [0, 0.1) is 6.92 Å². The van der Waals surface area contributed by atoms with Crippen LogP contribution in [0.25, 0.3) is 6.08 Å². The van der Waals surface area contributed by atoms with Gasteiger partial charge in [-0.2, -0.15) is 0 Å². The lowest BCUT2D eigenvalue weighted by atomic mass is 10.0. The van der Waals surface area contributed by atoms with E-state index < -0.39 is 24.0 Å². The molecule has 1 unspecified atom stereocenters. The number of aryl methyl sites for hydroxylation is 1. The van der Waals surface area contributed by atoms with Crippen molar-refractivity contribution >= 4 is 24.0 Å². The third-order valence-electron chi connectivity index (χ3n) is 4.95. The van der Waals surface area contributed by atoms with Gasteiger partial charge < -0.3 is 34.0 Å². The van der Waals surface area contributed by atoms with Gasteiger partial charge in [0.05, 0.1) is 31.6 Å². The average molecular weight is 485 g/mol. The number of methoxy groups -OCH3 is 1. The van der Waals surface area contributed by atoms with Gasteiger partial charge in [-0.15, -0.1) is 0 Å². The summed E-state index contributed by atoms with van der Waals surface area (Å²) in [4.78, 5) is 37.3. The molecule has 1 aromatic carbocycles. The number of carbonyl (C=O) groups excluding carboxylic acids is 3. The van der Waals surface area contributed by atoms with Gasteiger partial charge in [0.25, 0.3) is 0 Å². The topological polar surface area (TPSA) is 125 Å². The van der Waals surface area contributed by atoms with E-state index in [0.717, 1.165) is 0 Å². The van der Waals surface area contributed by atoms with Gasteiger partial charge in [0.2, 0.25) is 0 Å². The van der Waals surface area contributed by atoms with E-state index in [2.05, 4.69) is 10.6 Å². The summed E-state index contributed by atoms with van der Waals surface area (Å²) in [6.07, 6.45) is 2.78. The molecule has 2 aromatic rings. The standard InChI is InChI=1S/C25H28N2O8/c1-5-32-18-11-8-16(13-20(18)31-4)9-12-21(28)34-14-17-22(24(29)33-6-2)23(27-25(30)26-17)19-10-7-15(3)35-19/h7-13,23H,5-6,14H2,1-4H3,(H2,26,27,30). The summed E-state index contributed by atoms with van der Waals surface area (Å²) in [5, 5.41) is 5.17. The number of nitrogens with one attached hydrogen (secondary N) is 2. The lowest BCUT2D eigenvalue weighted by Crippen LogP contribution is -2.47. The molecular formula is C25H28N2O8. The number of carbonyl (C=O) groups is 3. The number of rotatable bonds is 10. The van der Waals surface area contributed by atoms with Crippen LogP contribution < -0.4 is 20.1 Å². The first-order valence-corrected chi connectivity index (χ1v) is 11.1. The predicted molar refractivity (Wildman–Crippen MR) is 126 cm³/mol. The number of hydrogen-bond donors (Lipinski definition) is 2. The molecule has 0 saturated heterocycles. The number of furan rings is 1. The summed E-state index contributed by atoms with van der Waals surface area (Å²) >= 11 is 0. The van der Waals surface area contributed by atoms with Crippen molar-refractivity contribution in [2.24, 2.45) is 0 Å². The van der Waals surface area contributed by atoms with Crippen LogP contribution in [0.4, 0.5) is 4.79 Å². The molecule has 186 valence electrons. The van der Waals surface area contributed by atoms with Crippen molar-refractivity contribution in [3.8, 4) is 11.5 Å². The molecule has 1 aromatic heterocycles. The number of hydrogen-bond acceptors (Lipinski definition) is 8. The van der Waals surface area contributed by atoms with E-state index >= 15 is 0 Å². The summed E-state index contributed by atoms with van der Waals surface area (Å²) in [5.41, 5.74) is 0.890. The first kappa shape index (κ1) is 25.4. The molecule has 2 amide bonds. The lowest BCUT2D eigenvalue weighted by Gasteiger charge is -2.27. The molecule has 10 heteroatoms. The summed E-state index contributed by atoms with van der Waals surface area (Å²) < 4.78 is 26.9. The van der Waals surface area contributed by atoms with E-state index in [9.17, 15) is 14.4 Å². The molecule has 1 atom stereocenters. The highest BCUT2D eigenvalue weighted by Crippen LogP contribution is 2.30. The zero-order chi connectivity index (χ0) is 25.4. The van der Waals surface area contributed by atoms with E-state index in [4.69, 9.17) is 23.4 Å². The Balaban J connectivity index is 1.77. The van der Waals surface area contributed by atoms with Crippen LogP contribution in [0.3, 0.4) is 0 Å². The summed E-state index contributed by atoms with van der Waals surface area (Å²) in [6, 6.07) is 7.14. The molecular weight excluding hydrogens is 456 g/mol. The highest BCUT2D eigenvalue weighted by Gasteiger charge is 2.35. The molecule has 0 spiro atoms. The summed E-state index contributed by atoms with van der Waals surface area (Å²) in [7, 11) is 1.53. The van der Waals surface area contributed by atoms with Crippen LogP contribution in [-0.4, -0.2) is 44.9 Å². The second-order valence-corrected chi connectivity index (χ2v) is 7.38. The SMILES string of the molecule is CCOC(=O)C1=C(COC(=O)C=Cc2ccc(OCC)c(OC)c2)NC(=O)NC1c1ccc(C)o1. The third-order valence-corrected chi connectivity index (χ3v) is 4.95. The zero-order valence-electron chi connectivity index (χ0n) is 20.0. The fraction of sp³-hybridized carbons (Fsp3) is 0.320. The molecule has 1 aliphatic rings. The third kappa shape index (κ3) is 6.44.